The van der Waals surface area contributed by atoms with Crippen LogP contribution < -0.4 is 30.3 Å². The summed E-state index contributed by atoms with van der Waals surface area (Å²) >= 11 is 0. The fourth-order valence-corrected chi connectivity index (χ4v) is 5.18. The first-order chi connectivity index (χ1) is 20.1. The molecule has 2 aromatic carbocycles. The first-order valence-electron chi connectivity index (χ1n) is 12.9. The second-order valence-electron chi connectivity index (χ2n) is 9.91. The summed E-state index contributed by atoms with van der Waals surface area (Å²) in [6.07, 6.45) is -8.27. The van der Waals surface area contributed by atoms with Crippen molar-refractivity contribution in [1.82, 2.24) is 10.6 Å². The molecule has 8 N–H and O–H groups in total. The number of hydrogen-bond acceptors (Lipinski definition) is 14. The van der Waals surface area contributed by atoms with Gasteiger partial charge < -0.3 is 64.6 Å². The zero-order valence-electron chi connectivity index (χ0n) is 22.2. The fourth-order valence-electron chi connectivity index (χ4n) is 5.18. The summed E-state index contributed by atoms with van der Waals surface area (Å²) < 4.78 is 27.2. The van der Waals surface area contributed by atoms with Crippen molar-refractivity contribution in [3.8, 4) is 34.3 Å². The maximum Gasteiger partial charge on any atom is 0.336 e. The van der Waals surface area contributed by atoms with E-state index in [-0.39, 0.29) is 23.2 Å². The predicted octanol–water partition coefficient (Wildman–Crippen LogP) is -0.947. The number of phenols is 1. The highest BCUT2D eigenvalue weighted by Crippen LogP contribution is 2.44. The van der Waals surface area contributed by atoms with E-state index in [4.69, 9.17) is 23.4 Å². The third kappa shape index (κ3) is 5.34. The van der Waals surface area contributed by atoms with E-state index in [2.05, 4.69) is 10.6 Å². The number of aliphatic hydroxyl groups excluding tert-OH is 3. The van der Waals surface area contributed by atoms with Gasteiger partial charge >= 0.3 is 5.97 Å². The van der Waals surface area contributed by atoms with Crippen LogP contribution in [0.2, 0.25) is 0 Å². The van der Waals surface area contributed by atoms with Gasteiger partial charge in [0.1, 0.15) is 40.3 Å². The van der Waals surface area contributed by atoms with Gasteiger partial charge in [-0.05, 0) is 30.7 Å². The van der Waals surface area contributed by atoms with Gasteiger partial charge in [0, 0.05) is 37.0 Å². The summed E-state index contributed by atoms with van der Waals surface area (Å²) in [4.78, 5) is 25.1. The number of carboxylic acid groups (broad SMARTS) is 1. The van der Waals surface area contributed by atoms with Gasteiger partial charge in [0.2, 0.25) is 12.0 Å². The lowest BCUT2D eigenvalue weighted by Gasteiger charge is -2.47. The Bertz CT molecular complexity index is 1500. The number of hydrogen-bond donors (Lipinski definition) is 8. The zero-order valence-corrected chi connectivity index (χ0v) is 22.2. The van der Waals surface area contributed by atoms with Crippen LogP contribution in [-0.4, -0.2) is 100.0 Å². The molecule has 0 spiro atoms. The van der Waals surface area contributed by atoms with Crippen LogP contribution in [0.4, 0.5) is 0 Å². The van der Waals surface area contributed by atoms with Crippen molar-refractivity contribution in [2.75, 3.05) is 27.1 Å². The Morgan fingerprint density at radius 3 is 2.55 bits per heavy atom. The van der Waals surface area contributed by atoms with E-state index in [9.17, 15) is 40.2 Å². The maximum atomic E-state index is 13.0. The van der Waals surface area contributed by atoms with Crippen LogP contribution >= 0.6 is 0 Å². The van der Waals surface area contributed by atoms with E-state index < -0.39 is 71.7 Å². The number of aliphatic hydroxyl groups is 4. The summed E-state index contributed by atoms with van der Waals surface area (Å²) in [5.74, 6) is -2.70. The number of phenolic OH excluding ortho intramolecular Hbond substituents is 1. The summed E-state index contributed by atoms with van der Waals surface area (Å²) in [7, 11) is 1.50. The number of fused-ring (bicyclic) bond motifs is 1. The highest BCUT2D eigenvalue weighted by atomic mass is 16.7. The summed E-state index contributed by atoms with van der Waals surface area (Å²) in [5, 5.41) is 68.8. The summed E-state index contributed by atoms with van der Waals surface area (Å²) in [6, 6.07) is 8.41. The van der Waals surface area contributed by atoms with E-state index in [1.807, 2.05) is 0 Å². The maximum absolute atomic E-state index is 13.0. The standard InChI is InChI=1S/C27H30N2O13/c1-38-14-4-2-12(3-5-14)16-6-15(31)19-17(40-16)7-18(22(20(19)32)39-11-30)41-26-21(33)23(34)27(37,24(42-26)25(35)36)8-13-9-28-10-29-13/h2-7,13,21,23-24,26,28-30,32-34,37H,8-11H2,1H3,(H,35,36). The van der Waals surface area contributed by atoms with E-state index in [1.54, 1.807) is 24.3 Å². The third-order valence-corrected chi connectivity index (χ3v) is 7.28. The zero-order chi connectivity index (χ0) is 30.2. The van der Waals surface area contributed by atoms with Gasteiger partial charge in [0.15, 0.2) is 29.8 Å². The lowest BCUT2D eigenvalue weighted by atomic mass is 9.79. The number of aromatic hydroxyl groups is 1. The highest BCUT2D eigenvalue weighted by Gasteiger charge is 2.59. The average Bonchev–Trinajstić information content (AvgIpc) is 3.47. The third-order valence-electron chi connectivity index (χ3n) is 7.28. The Balaban J connectivity index is 1.52. The molecule has 2 saturated heterocycles. The number of carboxylic acids is 1. The minimum Gasteiger partial charge on any atom is -0.504 e. The molecule has 0 amide bonds. The Morgan fingerprint density at radius 1 is 1.19 bits per heavy atom. The molecule has 2 fully saturated rings. The van der Waals surface area contributed by atoms with Gasteiger partial charge in [-0.1, -0.05) is 0 Å². The molecule has 5 rings (SSSR count). The van der Waals surface area contributed by atoms with Crippen molar-refractivity contribution in [1.29, 1.82) is 0 Å². The molecule has 2 aliphatic heterocycles. The van der Waals surface area contributed by atoms with Gasteiger partial charge in [-0.2, -0.15) is 0 Å². The van der Waals surface area contributed by atoms with Crippen molar-refractivity contribution in [2.45, 2.75) is 42.7 Å². The van der Waals surface area contributed by atoms with E-state index >= 15 is 0 Å². The molecular weight excluding hydrogens is 560 g/mol. The fraction of sp³-hybridized carbons (Fsp3) is 0.407. The largest absolute Gasteiger partial charge is 0.504 e. The molecule has 1 aromatic heterocycles. The van der Waals surface area contributed by atoms with Crippen LogP contribution in [0, 0.1) is 0 Å². The van der Waals surface area contributed by atoms with E-state index in [0.29, 0.717) is 24.5 Å². The van der Waals surface area contributed by atoms with Gasteiger partial charge in [0.25, 0.3) is 0 Å². The molecule has 3 aromatic rings. The molecule has 0 radical (unpaired) electrons. The van der Waals surface area contributed by atoms with Crippen LogP contribution in [0.3, 0.4) is 0 Å². The van der Waals surface area contributed by atoms with E-state index in [1.165, 1.54) is 7.11 Å². The molecule has 6 atom stereocenters. The van der Waals surface area contributed by atoms with Crippen LogP contribution in [0.5, 0.6) is 23.0 Å². The monoisotopic (exact) mass is 590 g/mol. The van der Waals surface area contributed by atoms with Crippen molar-refractivity contribution < 1.29 is 58.8 Å². The second-order valence-corrected chi connectivity index (χ2v) is 9.91. The molecule has 15 heteroatoms. The number of carbonyl (C=O) groups is 1. The highest BCUT2D eigenvalue weighted by molar-refractivity contribution is 5.89. The van der Waals surface area contributed by atoms with Gasteiger partial charge in [-0.15, -0.1) is 0 Å². The van der Waals surface area contributed by atoms with Gasteiger partial charge in [-0.25, -0.2) is 4.79 Å². The van der Waals surface area contributed by atoms with Crippen molar-refractivity contribution in [2.24, 2.45) is 0 Å². The smallest absolute Gasteiger partial charge is 0.336 e. The van der Waals surface area contributed by atoms with E-state index in [0.717, 1.165) is 12.1 Å². The number of ether oxygens (including phenoxy) is 4. The first kappa shape index (κ1) is 29.5. The molecule has 15 nitrogen and oxygen atoms in total. The van der Waals surface area contributed by atoms with Crippen LogP contribution in [-0.2, 0) is 9.53 Å². The number of methoxy groups -OCH3 is 1. The Hall–Kier alpha value is -3.96. The van der Waals surface area contributed by atoms with Crippen molar-refractivity contribution in [3.05, 3.63) is 46.6 Å². The molecule has 6 unspecified atom stereocenters. The summed E-state index contributed by atoms with van der Waals surface area (Å²) in [5.41, 5.74) is -2.77. The molecule has 2 aliphatic rings. The Morgan fingerprint density at radius 2 is 1.93 bits per heavy atom. The minimum atomic E-state index is -2.41. The lowest BCUT2D eigenvalue weighted by molar-refractivity contribution is -0.307. The predicted molar refractivity (Wildman–Crippen MR) is 142 cm³/mol. The van der Waals surface area contributed by atoms with Gasteiger partial charge in [-0.3, -0.25) is 4.79 Å². The normalized spacial score (nSPS) is 27.6. The molecule has 0 aliphatic carbocycles. The number of rotatable bonds is 9. The first-order valence-corrected chi connectivity index (χ1v) is 12.9. The van der Waals surface area contributed by atoms with Crippen LogP contribution in [0.1, 0.15) is 6.42 Å². The summed E-state index contributed by atoms with van der Waals surface area (Å²) in [6.45, 7) is -0.195. The Kier molecular flexibility index (Phi) is 8.25. The lowest BCUT2D eigenvalue weighted by Crippen LogP contribution is -2.70. The number of aliphatic carboxylic acids is 1. The number of nitrogens with one attached hydrogen (secondary N) is 2. The molecule has 0 bridgehead atoms. The SMILES string of the molecule is COc1ccc(-c2cc(=O)c3c(O)c(OCO)c(OC4OC(C(=O)O)C(O)(CC5CNCN5)C(O)C4O)cc3o2)cc1. The van der Waals surface area contributed by atoms with Crippen LogP contribution in [0.15, 0.2) is 45.6 Å². The quantitative estimate of drug-likeness (QED) is 0.141. The topological polar surface area (TPSA) is 230 Å². The van der Waals surface area contributed by atoms with Crippen molar-refractivity contribution in [3.63, 3.8) is 0 Å². The minimum absolute atomic E-state index is 0.117. The van der Waals surface area contributed by atoms with Crippen LogP contribution in [0.25, 0.3) is 22.3 Å². The van der Waals surface area contributed by atoms with Crippen molar-refractivity contribution >= 4 is 16.9 Å². The molecule has 0 saturated carbocycles. The second kappa shape index (κ2) is 11.7. The molecule has 226 valence electrons. The van der Waals surface area contributed by atoms with Gasteiger partial charge in [0.05, 0.1) is 7.11 Å². The molecule has 3 heterocycles. The average molecular weight is 591 g/mol. The number of benzene rings is 2. The Labute approximate surface area is 237 Å². The molecular formula is C27H30N2O13. The molecule has 42 heavy (non-hydrogen) atoms.